The molecule has 1 N–H and O–H groups in total. The zero-order chi connectivity index (χ0) is 22.9. The fourth-order valence-corrected chi connectivity index (χ4v) is 4.05. The van der Waals surface area contributed by atoms with Gasteiger partial charge in [-0.25, -0.2) is 4.98 Å². The third-order valence-corrected chi connectivity index (χ3v) is 6.20. The maximum Gasteiger partial charge on any atom is 0.219 e. The summed E-state index contributed by atoms with van der Waals surface area (Å²) in [6, 6.07) is 12.2. The molecule has 0 spiro atoms. The van der Waals surface area contributed by atoms with E-state index in [1.54, 1.807) is 0 Å². The van der Waals surface area contributed by atoms with Gasteiger partial charge in [0.1, 0.15) is 18.2 Å². The van der Waals surface area contributed by atoms with Crippen molar-refractivity contribution in [2.75, 3.05) is 13.2 Å². The van der Waals surface area contributed by atoms with Gasteiger partial charge in [0.15, 0.2) is 0 Å². The van der Waals surface area contributed by atoms with Crippen molar-refractivity contribution in [2.24, 2.45) is 0 Å². The number of para-hydroxylation sites is 2. The number of carbonyl (C=O) groups is 1. The second kappa shape index (κ2) is 11.9. The Morgan fingerprint density at radius 3 is 2.62 bits per heavy atom. The van der Waals surface area contributed by atoms with Gasteiger partial charge in [0.05, 0.1) is 17.6 Å². The van der Waals surface area contributed by atoms with Gasteiger partial charge in [-0.1, -0.05) is 37.1 Å². The molecular weight excluding hydrogens is 422 g/mol. The highest BCUT2D eigenvalue weighted by atomic mass is 35.5. The van der Waals surface area contributed by atoms with E-state index in [1.807, 2.05) is 39.0 Å². The number of ether oxygens (including phenoxy) is 1. The van der Waals surface area contributed by atoms with E-state index in [2.05, 4.69) is 28.1 Å². The third kappa shape index (κ3) is 6.49. The van der Waals surface area contributed by atoms with Gasteiger partial charge in [-0.15, -0.1) is 0 Å². The van der Waals surface area contributed by atoms with Gasteiger partial charge in [-0.2, -0.15) is 0 Å². The van der Waals surface area contributed by atoms with E-state index in [9.17, 15) is 4.79 Å². The van der Waals surface area contributed by atoms with Crippen molar-refractivity contribution in [1.82, 2.24) is 14.9 Å². The number of aromatic nitrogens is 2. The van der Waals surface area contributed by atoms with Crippen LogP contribution in [0.4, 0.5) is 0 Å². The second-order valence-electron chi connectivity index (χ2n) is 8.30. The summed E-state index contributed by atoms with van der Waals surface area (Å²) in [6.45, 7) is 8.08. The molecule has 172 valence electrons. The average Bonchev–Trinajstić information content (AvgIpc) is 3.12. The van der Waals surface area contributed by atoms with Gasteiger partial charge in [0.2, 0.25) is 5.91 Å². The normalized spacial score (nSPS) is 11.1. The fraction of sp³-hybridized carbons (Fsp3) is 0.462. The first-order valence-corrected chi connectivity index (χ1v) is 12.0. The number of imidazole rings is 1. The zero-order valence-corrected chi connectivity index (χ0v) is 20.2. The second-order valence-corrected chi connectivity index (χ2v) is 8.68. The van der Waals surface area contributed by atoms with E-state index in [4.69, 9.17) is 21.3 Å². The molecule has 5 nitrogen and oxygen atoms in total. The molecule has 32 heavy (non-hydrogen) atoms. The van der Waals surface area contributed by atoms with Crippen molar-refractivity contribution in [2.45, 2.75) is 65.8 Å². The molecule has 0 bridgehead atoms. The topological polar surface area (TPSA) is 56.2 Å². The first-order chi connectivity index (χ1) is 15.5. The summed E-state index contributed by atoms with van der Waals surface area (Å²) in [5.41, 5.74) is 4.22. The van der Waals surface area contributed by atoms with Crippen LogP contribution in [0.3, 0.4) is 0 Å². The SMILES string of the molecule is CCCC(=O)NCCCCCc1nc2ccccc2n1CCOc1cc(C)c(Cl)c(C)c1. The Balaban J connectivity index is 1.56. The maximum atomic E-state index is 11.6. The molecule has 2 aromatic carbocycles. The van der Waals surface area contributed by atoms with Gasteiger partial charge < -0.3 is 14.6 Å². The van der Waals surface area contributed by atoms with Crippen LogP contribution in [0.2, 0.25) is 5.02 Å². The molecule has 0 fully saturated rings. The number of nitrogens with one attached hydrogen (secondary N) is 1. The minimum atomic E-state index is 0.153. The van der Waals surface area contributed by atoms with Crippen molar-refractivity contribution in [3.8, 4) is 5.75 Å². The van der Waals surface area contributed by atoms with E-state index in [1.165, 1.54) is 0 Å². The van der Waals surface area contributed by atoms with E-state index < -0.39 is 0 Å². The summed E-state index contributed by atoms with van der Waals surface area (Å²) in [5, 5.41) is 3.78. The van der Waals surface area contributed by atoms with Crippen LogP contribution in [0.25, 0.3) is 11.0 Å². The molecule has 1 heterocycles. The van der Waals surface area contributed by atoms with E-state index in [0.717, 1.165) is 84.0 Å². The smallest absolute Gasteiger partial charge is 0.219 e. The highest BCUT2D eigenvalue weighted by molar-refractivity contribution is 6.32. The molecule has 3 rings (SSSR count). The molecule has 0 unspecified atom stereocenters. The van der Waals surface area contributed by atoms with Crippen LogP contribution in [0.5, 0.6) is 5.75 Å². The molecule has 0 aliphatic heterocycles. The lowest BCUT2D eigenvalue weighted by atomic mass is 10.1. The Morgan fingerprint density at radius 2 is 1.88 bits per heavy atom. The lowest BCUT2D eigenvalue weighted by Gasteiger charge is -2.13. The molecule has 0 saturated heterocycles. The number of unbranched alkanes of at least 4 members (excludes halogenated alkanes) is 2. The number of aryl methyl sites for hydroxylation is 3. The number of carbonyl (C=O) groups excluding carboxylic acids is 1. The zero-order valence-electron chi connectivity index (χ0n) is 19.4. The van der Waals surface area contributed by atoms with Crippen molar-refractivity contribution >= 4 is 28.5 Å². The molecule has 1 aromatic heterocycles. The summed E-state index contributed by atoms with van der Waals surface area (Å²) in [4.78, 5) is 16.4. The van der Waals surface area contributed by atoms with Crippen LogP contribution in [0.15, 0.2) is 36.4 Å². The first kappa shape index (κ1) is 24.1. The van der Waals surface area contributed by atoms with Crippen LogP contribution in [-0.2, 0) is 17.8 Å². The van der Waals surface area contributed by atoms with E-state index in [-0.39, 0.29) is 5.91 Å². The number of rotatable bonds is 12. The molecule has 0 aliphatic carbocycles. The van der Waals surface area contributed by atoms with Gasteiger partial charge in [-0.3, -0.25) is 4.79 Å². The standard InChI is InChI=1S/C26H34ClN3O2/c1-4-10-25(31)28-14-9-5-6-13-24-29-22-11-7-8-12-23(22)30(24)15-16-32-21-17-19(2)26(27)20(3)18-21/h7-8,11-12,17-18H,4-6,9-10,13-16H2,1-3H3,(H,28,31). The number of benzene rings is 2. The molecule has 3 aromatic rings. The molecule has 0 radical (unpaired) electrons. The Kier molecular flexibility index (Phi) is 8.98. The summed E-state index contributed by atoms with van der Waals surface area (Å²) in [5.74, 6) is 2.09. The monoisotopic (exact) mass is 455 g/mol. The van der Waals surface area contributed by atoms with Crippen molar-refractivity contribution in [3.63, 3.8) is 0 Å². The highest BCUT2D eigenvalue weighted by Gasteiger charge is 2.11. The fourth-order valence-electron chi connectivity index (χ4n) is 3.94. The number of nitrogens with zero attached hydrogens (tertiary/aromatic N) is 2. The molecular formula is C26H34ClN3O2. The van der Waals surface area contributed by atoms with Crippen molar-refractivity contribution in [3.05, 3.63) is 58.4 Å². The van der Waals surface area contributed by atoms with Crippen molar-refractivity contribution < 1.29 is 9.53 Å². The molecule has 0 aliphatic rings. The molecule has 0 saturated carbocycles. The number of hydrogen-bond donors (Lipinski definition) is 1. The molecule has 0 atom stereocenters. The lowest BCUT2D eigenvalue weighted by molar-refractivity contribution is -0.121. The predicted octanol–water partition coefficient (Wildman–Crippen LogP) is 6.01. The van der Waals surface area contributed by atoms with Crippen LogP contribution < -0.4 is 10.1 Å². The Bertz CT molecular complexity index is 1020. The minimum absolute atomic E-state index is 0.153. The lowest BCUT2D eigenvalue weighted by Crippen LogP contribution is -2.23. The van der Waals surface area contributed by atoms with Gasteiger partial charge >= 0.3 is 0 Å². The number of hydrogen-bond acceptors (Lipinski definition) is 3. The van der Waals surface area contributed by atoms with Crippen LogP contribution >= 0.6 is 11.6 Å². The highest BCUT2D eigenvalue weighted by Crippen LogP contribution is 2.26. The summed E-state index contributed by atoms with van der Waals surface area (Å²) in [7, 11) is 0. The predicted molar refractivity (Wildman–Crippen MR) is 132 cm³/mol. The quantitative estimate of drug-likeness (QED) is 0.340. The molecule has 1 amide bonds. The maximum absolute atomic E-state index is 11.6. The average molecular weight is 456 g/mol. The van der Waals surface area contributed by atoms with E-state index in [0.29, 0.717) is 13.0 Å². The van der Waals surface area contributed by atoms with Gasteiger partial charge in [-0.05, 0) is 68.5 Å². The van der Waals surface area contributed by atoms with Crippen LogP contribution in [0.1, 0.15) is 56.0 Å². The third-order valence-electron chi connectivity index (χ3n) is 5.60. The molecule has 6 heteroatoms. The van der Waals surface area contributed by atoms with Crippen molar-refractivity contribution in [1.29, 1.82) is 0 Å². The van der Waals surface area contributed by atoms with Crippen LogP contribution in [-0.4, -0.2) is 28.6 Å². The van der Waals surface area contributed by atoms with E-state index >= 15 is 0 Å². The number of halogens is 1. The first-order valence-electron chi connectivity index (χ1n) is 11.6. The Morgan fingerprint density at radius 1 is 1.12 bits per heavy atom. The van der Waals surface area contributed by atoms with Gasteiger partial charge in [0, 0.05) is 24.4 Å². The number of amides is 1. The summed E-state index contributed by atoms with van der Waals surface area (Å²) >= 11 is 6.27. The van der Waals surface area contributed by atoms with Gasteiger partial charge in [0.25, 0.3) is 0 Å². The summed E-state index contributed by atoms with van der Waals surface area (Å²) in [6.07, 6.45) is 5.52. The Hall–Kier alpha value is -2.53. The number of fused-ring (bicyclic) bond motifs is 1. The largest absolute Gasteiger partial charge is 0.492 e. The Labute approximate surface area is 196 Å². The minimum Gasteiger partial charge on any atom is -0.492 e. The van der Waals surface area contributed by atoms with Crippen LogP contribution in [0, 0.1) is 13.8 Å². The summed E-state index contributed by atoms with van der Waals surface area (Å²) < 4.78 is 8.32.